The molecule has 1 aromatic heterocycles. The number of ether oxygens (including phenoxy) is 2. The zero-order valence-corrected chi connectivity index (χ0v) is 16.2. The molecular weight excluding hydrogens is 328 g/mol. The minimum atomic E-state index is 0.131. The number of hydrogen-bond donors (Lipinski definition) is 2. The van der Waals surface area contributed by atoms with Crippen molar-refractivity contribution in [1.29, 1.82) is 0 Å². The van der Waals surface area contributed by atoms with Crippen molar-refractivity contribution < 1.29 is 9.47 Å². The third-order valence-corrected chi connectivity index (χ3v) is 3.74. The highest BCUT2D eigenvalue weighted by atomic mass is 16.5. The zero-order valence-electron chi connectivity index (χ0n) is 16.2. The van der Waals surface area contributed by atoms with Gasteiger partial charge in [-0.05, 0) is 38.5 Å². The molecule has 0 atom stereocenters. The van der Waals surface area contributed by atoms with Crippen molar-refractivity contribution in [3.63, 3.8) is 0 Å². The summed E-state index contributed by atoms with van der Waals surface area (Å²) in [7, 11) is 3.36. The topological polar surface area (TPSA) is 67.8 Å². The van der Waals surface area contributed by atoms with Crippen molar-refractivity contribution in [1.82, 2.24) is 15.6 Å². The van der Waals surface area contributed by atoms with Crippen LogP contribution in [0.1, 0.15) is 30.5 Å². The number of pyridine rings is 1. The molecule has 0 amide bonds. The Hall–Kier alpha value is -2.76. The largest absolute Gasteiger partial charge is 0.491 e. The zero-order chi connectivity index (χ0) is 18.9. The molecule has 0 unspecified atom stereocenters. The lowest BCUT2D eigenvalue weighted by molar-refractivity contribution is 0.239. The van der Waals surface area contributed by atoms with Gasteiger partial charge in [-0.15, -0.1) is 0 Å². The average Bonchev–Trinajstić information content (AvgIpc) is 2.63. The molecule has 0 aliphatic carbocycles. The molecule has 0 aliphatic heterocycles. The molecule has 0 radical (unpaired) electrons. The summed E-state index contributed by atoms with van der Waals surface area (Å²) in [5.74, 6) is 2.21. The van der Waals surface area contributed by atoms with Crippen LogP contribution in [0.15, 0.2) is 41.5 Å². The molecule has 6 nitrogen and oxygen atoms in total. The van der Waals surface area contributed by atoms with Gasteiger partial charge in [-0.25, -0.2) is 4.98 Å². The predicted molar refractivity (Wildman–Crippen MR) is 105 cm³/mol. The first-order chi connectivity index (χ1) is 12.5. The maximum absolute atomic E-state index is 5.93. The van der Waals surface area contributed by atoms with Crippen LogP contribution < -0.4 is 20.1 Å². The molecule has 0 bridgehead atoms. The number of benzene rings is 1. The maximum atomic E-state index is 5.93. The molecule has 26 heavy (non-hydrogen) atoms. The first-order valence-electron chi connectivity index (χ1n) is 8.72. The smallest absolute Gasteiger partial charge is 0.218 e. The van der Waals surface area contributed by atoms with E-state index in [1.807, 2.05) is 26.0 Å². The standard InChI is InChI=1S/C20H28N4O2/c1-14(2)26-18-11-15(3)8-9-16(18)12-23-20(21-4)24-13-17-7-6-10-22-19(17)25-5/h6-11,14H,12-13H2,1-5H3,(H2,21,23,24). The third kappa shape index (κ3) is 5.65. The van der Waals surface area contributed by atoms with E-state index in [-0.39, 0.29) is 6.10 Å². The van der Waals surface area contributed by atoms with Crippen molar-refractivity contribution in [2.45, 2.75) is 40.0 Å². The minimum Gasteiger partial charge on any atom is -0.491 e. The Kier molecular flexibility index (Phi) is 7.26. The molecule has 1 heterocycles. The van der Waals surface area contributed by atoms with E-state index >= 15 is 0 Å². The van der Waals surface area contributed by atoms with E-state index in [4.69, 9.17) is 9.47 Å². The van der Waals surface area contributed by atoms with Gasteiger partial charge in [0.25, 0.3) is 0 Å². The van der Waals surface area contributed by atoms with E-state index < -0.39 is 0 Å². The number of aryl methyl sites for hydroxylation is 1. The highest BCUT2D eigenvalue weighted by molar-refractivity contribution is 5.79. The molecule has 6 heteroatoms. The van der Waals surface area contributed by atoms with Gasteiger partial charge >= 0.3 is 0 Å². The van der Waals surface area contributed by atoms with E-state index in [1.54, 1.807) is 20.4 Å². The van der Waals surface area contributed by atoms with Gasteiger partial charge in [-0.3, -0.25) is 4.99 Å². The minimum absolute atomic E-state index is 0.131. The SMILES string of the molecule is CN=C(NCc1ccc(C)cc1OC(C)C)NCc1cccnc1OC. The molecule has 2 rings (SSSR count). The summed E-state index contributed by atoms with van der Waals surface area (Å²) >= 11 is 0. The van der Waals surface area contributed by atoms with Crippen LogP contribution in [0.25, 0.3) is 0 Å². The second kappa shape index (κ2) is 9.65. The first kappa shape index (κ1) is 19.6. The highest BCUT2D eigenvalue weighted by Crippen LogP contribution is 2.21. The van der Waals surface area contributed by atoms with E-state index in [0.717, 1.165) is 16.9 Å². The van der Waals surface area contributed by atoms with Crippen LogP contribution in [0.5, 0.6) is 11.6 Å². The quantitative estimate of drug-likeness (QED) is 0.589. The summed E-state index contributed by atoms with van der Waals surface area (Å²) in [6, 6.07) is 10.1. The number of rotatable bonds is 7. The van der Waals surface area contributed by atoms with E-state index in [9.17, 15) is 0 Å². The lowest BCUT2D eigenvalue weighted by atomic mass is 10.1. The van der Waals surface area contributed by atoms with Crippen LogP contribution in [0.2, 0.25) is 0 Å². The number of aromatic nitrogens is 1. The normalized spacial score (nSPS) is 11.4. The van der Waals surface area contributed by atoms with Gasteiger partial charge in [0.15, 0.2) is 5.96 Å². The van der Waals surface area contributed by atoms with Gasteiger partial charge in [0.1, 0.15) is 5.75 Å². The maximum Gasteiger partial charge on any atom is 0.218 e. The number of methoxy groups -OCH3 is 1. The van der Waals surface area contributed by atoms with Gasteiger partial charge in [-0.2, -0.15) is 0 Å². The Balaban J connectivity index is 1.99. The fourth-order valence-electron chi connectivity index (χ4n) is 2.49. The number of nitrogens with one attached hydrogen (secondary N) is 2. The summed E-state index contributed by atoms with van der Waals surface area (Å²) in [5, 5.41) is 6.60. The summed E-state index contributed by atoms with van der Waals surface area (Å²) < 4.78 is 11.2. The highest BCUT2D eigenvalue weighted by Gasteiger charge is 2.08. The fourth-order valence-corrected chi connectivity index (χ4v) is 2.49. The third-order valence-electron chi connectivity index (χ3n) is 3.74. The molecule has 0 aliphatic rings. The fraction of sp³-hybridized carbons (Fsp3) is 0.400. The monoisotopic (exact) mass is 356 g/mol. The van der Waals surface area contributed by atoms with Crippen LogP contribution in [0, 0.1) is 6.92 Å². The molecule has 0 saturated carbocycles. The molecule has 0 fully saturated rings. The molecule has 2 N–H and O–H groups in total. The van der Waals surface area contributed by atoms with E-state index in [1.165, 1.54) is 5.56 Å². The second-order valence-corrected chi connectivity index (χ2v) is 6.23. The van der Waals surface area contributed by atoms with Gasteiger partial charge < -0.3 is 20.1 Å². The predicted octanol–water partition coefficient (Wildman–Crippen LogP) is 3.05. The number of aliphatic imine (C=N–C) groups is 1. The summed E-state index contributed by atoms with van der Waals surface area (Å²) in [6.07, 6.45) is 1.84. The lowest BCUT2D eigenvalue weighted by Crippen LogP contribution is -2.36. The van der Waals surface area contributed by atoms with Crippen LogP contribution in [-0.2, 0) is 13.1 Å². The van der Waals surface area contributed by atoms with Crippen molar-refractivity contribution in [3.05, 3.63) is 53.2 Å². The number of guanidine groups is 1. The van der Waals surface area contributed by atoms with E-state index in [2.05, 4.69) is 45.7 Å². The Morgan fingerprint density at radius 3 is 2.54 bits per heavy atom. The Bertz CT molecular complexity index is 744. The number of hydrogen-bond acceptors (Lipinski definition) is 4. The van der Waals surface area contributed by atoms with Crippen molar-refractivity contribution in [2.75, 3.05) is 14.2 Å². The van der Waals surface area contributed by atoms with Crippen LogP contribution >= 0.6 is 0 Å². The summed E-state index contributed by atoms with van der Waals surface area (Å²) in [6.45, 7) is 7.31. The Morgan fingerprint density at radius 2 is 1.88 bits per heavy atom. The molecule has 1 aromatic carbocycles. The first-order valence-corrected chi connectivity index (χ1v) is 8.72. The van der Waals surface area contributed by atoms with Gasteiger partial charge in [0.2, 0.25) is 5.88 Å². The Labute approximate surface area is 155 Å². The molecule has 0 spiro atoms. The Morgan fingerprint density at radius 1 is 1.15 bits per heavy atom. The average molecular weight is 356 g/mol. The van der Waals surface area contributed by atoms with Gasteiger partial charge in [0.05, 0.1) is 13.2 Å². The molecule has 2 aromatic rings. The summed E-state index contributed by atoms with van der Waals surface area (Å²) in [4.78, 5) is 8.48. The van der Waals surface area contributed by atoms with Crippen molar-refractivity contribution in [3.8, 4) is 11.6 Å². The van der Waals surface area contributed by atoms with Crippen LogP contribution in [0.3, 0.4) is 0 Å². The van der Waals surface area contributed by atoms with Gasteiger partial charge in [0, 0.05) is 37.5 Å². The lowest BCUT2D eigenvalue weighted by Gasteiger charge is -2.17. The molecule has 140 valence electrons. The molecule has 0 saturated heterocycles. The van der Waals surface area contributed by atoms with Crippen molar-refractivity contribution >= 4 is 5.96 Å². The van der Waals surface area contributed by atoms with Crippen molar-refractivity contribution in [2.24, 2.45) is 4.99 Å². The summed E-state index contributed by atoms with van der Waals surface area (Å²) in [5.41, 5.74) is 3.24. The second-order valence-electron chi connectivity index (χ2n) is 6.23. The number of nitrogens with zero attached hydrogens (tertiary/aromatic N) is 2. The van der Waals surface area contributed by atoms with Crippen LogP contribution in [0.4, 0.5) is 0 Å². The molecular formula is C20H28N4O2. The van der Waals surface area contributed by atoms with E-state index in [0.29, 0.717) is 24.9 Å². The van der Waals surface area contributed by atoms with Crippen LogP contribution in [-0.4, -0.2) is 31.2 Å². The van der Waals surface area contributed by atoms with Gasteiger partial charge in [-0.1, -0.05) is 18.2 Å².